The third-order valence-corrected chi connectivity index (χ3v) is 7.55. The molecule has 0 fully saturated rings. The van der Waals surface area contributed by atoms with E-state index in [1.807, 2.05) is 19.9 Å². The summed E-state index contributed by atoms with van der Waals surface area (Å²) in [5.74, 6) is 0.132. The minimum Gasteiger partial charge on any atom is -0.507 e. The van der Waals surface area contributed by atoms with E-state index in [4.69, 9.17) is 4.42 Å². The fourth-order valence-electron chi connectivity index (χ4n) is 4.32. The summed E-state index contributed by atoms with van der Waals surface area (Å²) in [6.45, 7) is 4.15. The second-order valence-corrected chi connectivity index (χ2v) is 9.86. The van der Waals surface area contributed by atoms with Crippen molar-refractivity contribution in [1.29, 1.82) is 0 Å². The summed E-state index contributed by atoms with van der Waals surface area (Å²) in [6.07, 6.45) is 5.35. The van der Waals surface area contributed by atoms with Crippen LogP contribution in [0, 0.1) is 13.8 Å². The van der Waals surface area contributed by atoms with Crippen LogP contribution in [0.1, 0.15) is 61.0 Å². The Kier molecular flexibility index (Phi) is 6.17. The molecule has 1 aliphatic carbocycles. The number of carbonyl (C=O) groups excluding carboxylic acids is 2. The van der Waals surface area contributed by atoms with E-state index >= 15 is 0 Å². The van der Waals surface area contributed by atoms with Crippen LogP contribution < -0.4 is 10.6 Å². The van der Waals surface area contributed by atoms with Crippen molar-refractivity contribution in [1.82, 2.24) is 15.5 Å². The Hall–Kier alpha value is -3.85. The van der Waals surface area contributed by atoms with Crippen LogP contribution in [0.15, 0.2) is 41.0 Å². The van der Waals surface area contributed by atoms with Gasteiger partial charge in [0.25, 0.3) is 11.8 Å². The fourth-order valence-corrected chi connectivity index (χ4v) is 5.60. The first-order chi connectivity index (χ1) is 16.9. The predicted molar refractivity (Wildman–Crippen MR) is 134 cm³/mol. The number of fused-ring (bicyclic) bond motifs is 1. The number of aryl methyl sites for hydroxylation is 3. The predicted octanol–water partition coefficient (Wildman–Crippen LogP) is 5.11. The lowest BCUT2D eigenvalue weighted by molar-refractivity contribution is 0.0948. The molecule has 35 heavy (non-hydrogen) atoms. The molecular weight excluding hydrogens is 464 g/mol. The number of phenolic OH excluding ortho intramolecular Hbond substituents is 1. The van der Waals surface area contributed by atoms with Gasteiger partial charge >= 0.3 is 0 Å². The minimum absolute atomic E-state index is 0.105. The van der Waals surface area contributed by atoms with Gasteiger partial charge in [-0.3, -0.25) is 14.7 Å². The fraction of sp³-hybridized carbons (Fsp3) is 0.269. The van der Waals surface area contributed by atoms with E-state index in [9.17, 15) is 14.7 Å². The van der Waals surface area contributed by atoms with Crippen molar-refractivity contribution in [3.05, 3.63) is 75.2 Å². The number of thiophene rings is 1. The number of hydrogen-bond donors (Lipinski definition) is 4. The normalized spacial score (nSPS) is 12.9. The van der Waals surface area contributed by atoms with Crippen LogP contribution in [0.3, 0.4) is 0 Å². The summed E-state index contributed by atoms with van der Waals surface area (Å²) in [7, 11) is 0. The first-order valence-corrected chi connectivity index (χ1v) is 12.3. The molecule has 0 saturated carbocycles. The molecule has 180 valence electrons. The Morgan fingerprint density at radius 2 is 1.94 bits per heavy atom. The van der Waals surface area contributed by atoms with Crippen molar-refractivity contribution in [3.63, 3.8) is 0 Å². The highest BCUT2D eigenvalue weighted by Gasteiger charge is 2.27. The quantitative estimate of drug-likeness (QED) is 0.299. The smallest absolute Gasteiger partial charge is 0.274 e. The molecule has 8 nitrogen and oxygen atoms in total. The molecule has 0 unspecified atom stereocenters. The van der Waals surface area contributed by atoms with E-state index in [2.05, 4.69) is 20.8 Å². The Morgan fingerprint density at radius 1 is 1.14 bits per heavy atom. The zero-order valence-electron chi connectivity index (χ0n) is 19.5. The summed E-state index contributed by atoms with van der Waals surface area (Å²) in [4.78, 5) is 27.4. The van der Waals surface area contributed by atoms with Crippen molar-refractivity contribution in [2.24, 2.45) is 0 Å². The summed E-state index contributed by atoms with van der Waals surface area (Å²) in [5.41, 5.74) is 4.78. The highest BCUT2D eigenvalue weighted by atomic mass is 32.1. The maximum absolute atomic E-state index is 13.2. The first-order valence-electron chi connectivity index (χ1n) is 11.5. The Balaban J connectivity index is 1.39. The molecule has 1 aliphatic rings. The second-order valence-electron chi connectivity index (χ2n) is 8.75. The number of H-pyrrole nitrogens is 1. The van der Waals surface area contributed by atoms with Crippen LogP contribution in [0.25, 0.3) is 11.3 Å². The van der Waals surface area contributed by atoms with Gasteiger partial charge in [0.1, 0.15) is 22.2 Å². The topological polar surface area (TPSA) is 120 Å². The van der Waals surface area contributed by atoms with Gasteiger partial charge in [-0.15, -0.1) is 11.3 Å². The molecule has 1 aromatic carbocycles. The number of aromatic nitrogens is 2. The number of phenols is 1. The molecule has 0 atom stereocenters. The number of aromatic amines is 1. The summed E-state index contributed by atoms with van der Waals surface area (Å²) < 4.78 is 5.32. The number of anilines is 1. The van der Waals surface area contributed by atoms with Gasteiger partial charge in [0, 0.05) is 10.4 Å². The zero-order valence-corrected chi connectivity index (χ0v) is 20.3. The summed E-state index contributed by atoms with van der Waals surface area (Å²) >= 11 is 1.46. The molecule has 4 aromatic rings. The molecule has 3 aromatic heterocycles. The van der Waals surface area contributed by atoms with Crippen molar-refractivity contribution < 1.29 is 19.1 Å². The van der Waals surface area contributed by atoms with Gasteiger partial charge < -0.3 is 20.2 Å². The molecule has 4 N–H and O–H groups in total. The monoisotopic (exact) mass is 490 g/mol. The number of amides is 2. The summed E-state index contributed by atoms with van der Waals surface area (Å²) in [5, 5.41) is 23.7. The molecule has 9 heteroatoms. The van der Waals surface area contributed by atoms with Gasteiger partial charge in [-0.25, -0.2) is 0 Å². The lowest BCUT2D eigenvalue weighted by Crippen LogP contribution is -2.25. The average molecular weight is 491 g/mol. The minimum atomic E-state index is -0.397. The average Bonchev–Trinajstić information content (AvgIpc) is 3.59. The Bertz CT molecular complexity index is 1400. The molecule has 3 heterocycles. The molecule has 5 rings (SSSR count). The second kappa shape index (κ2) is 9.42. The number of nitrogens with one attached hydrogen (secondary N) is 3. The number of carbonyl (C=O) groups is 2. The van der Waals surface area contributed by atoms with Gasteiger partial charge in [-0.1, -0.05) is 0 Å². The molecule has 0 radical (unpaired) electrons. The maximum atomic E-state index is 13.2. The first kappa shape index (κ1) is 22.9. The van der Waals surface area contributed by atoms with Gasteiger partial charge in [-0.05, 0) is 86.6 Å². The van der Waals surface area contributed by atoms with Gasteiger partial charge in [0.2, 0.25) is 0 Å². The summed E-state index contributed by atoms with van der Waals surface area (Å²) in [6, 6.07) is 8.70. The van der Waals surface area contributed by atoms with E-state index in [1.165, 1.54) is 11.3 Å². The van der Waals surface area contributed by atoms with Crippen molar-refractivity contribution in [2.75, 3.05) is 5.32 Å². The Labute approximate surface area is 206 Å². The molecule has 0 bridgehead atoms. The number of furan rings is 1. The third-order valence-electron chi connectivity index (χ3n) is 6.34. The van der Waals surface area contributed by atoms with Crippen LogP contribution >= 0.6 is 11.3 Å². The number of aromatic hydroxyl groups is 1. The van der Waals surface area contributed by atoms with Crippen LogP contribution in [-0.4, -0.2) is 27.1 Å². The third kappa shape index (κ3) is 4.59. The van der Waals surface area contributed by atoms with E-state index in [0.717, 1.165) is 47.3 Å². The van der Waals surface area contributed by atoms with Gasteiger partial charge in [0.05, 0.1) is 24.1 Å². The van der Waals surface area contributed by atoms with E-state index in [0.29, 0.717) is 27.6 Å². The number of hydrogen-bond acceptors (Lipinski definition) is 6. The van der Waals surface area contributed by atoms with Crippen LogP contribution in [0.4, 0.5) is 5.00 Å². The number of nitrogens with zero attached hydrogens (tertiary/aromatic N) is 1. The molecular formula is C26H26N4O4S. The molecule has 0 spiro atoms. The SMILES string of the molecule is Cc1cc(O)c(-c2cc(C(=O)Nc3sc4c(c3C(=O)NCc3ccco3)CCCC4)[nH]n2)cc1C. The van der Waals surface area contributed by atoms with Crippen molar-refractivity contribution >= 4 is 28.2 Å². The number of benzene rings is 1. The van der Waals surface area contributed by atoms with Gasteiger partial charge in [-0.2, -0.15) is 5.10 Å². The highest BCUT2D eigenvalue weighted by Crippen LogP contribution is 2.38. The van der Waals surface area contributed by atoms with E-state index in [1.54, 1.807) is 30.5 Å². The molecule has 0 aliphatic heterocycles. The van der Waals surface area contributed by atoms with E-state index < -0.39 is 5.91 Å². The van der Waals surface area contributed by atoms with Crippen LogP contribution in [0.2, 0.25) is 0 Å². The van der Waals surface area contributed by atoms with Crippen molar-refractivity contribution in [3.8, 4) is 17.0 Å². The lowest BCUT2D eigenvalue weighted by atomic mass is 9.95. The van der Waals surface area contributed by atoms with Crippen molar-refractivity contribution in [2.45, 2.75) is 46.1 Å². The van der Waals surface area contributed by atoms with Crippen LogP contribution in [0.5, 0.6) is 5.75 Å². The zero-order chi connectivity index (χ0) is 24.5. The molecule has 0 saturated heterocycles. The highest BCUT2D eigenvalue weighted by molar-refractivity contribution is 7.17. The van der Waals surface area contributed by atoms with Crippen LogP contribution in [-0.2, 0) is 19.4 Å². The van der Waals surface area contributed by atoms with E-state index in [-0.39, 0.29) is 23.9 Å². The lowest BCUT2D eigenvalue weighted by Gasteiger charge is -2.13. The standard InChI is InChI=1S/C26H26N4O4S/c1-14-10-18(21(31)11-15(14)2)19-12-20(30-29-19)24(32)28-26-23(17-7-3-4-8-22(17)35-26)25(33)27-13-16-6-5-9-34-16/h5-6,9-12,31H,3-4,7-8,13H2,1-2H3,(H,27,33)(H,28,32)(H,29,30). The van der Waals surface area contributed by atoms with Gasteiger partial charge in [0.15, 0.2) is 0 Å². The largest absolute Gasteiger partial charge is 0.507 e. The maximum Gasteiger partial charge on any atom is 0.274 e. The molecule has 2 amide bonds. The number of rotatable bonds is 6. The Morgan fingerprint density at radius 3 is 2.74 bits per heavy atom.